The number of halogens is 1. The van der Waals surface area contributed by atoms with E-state index in [2.05, 4.69) is 20.9 Å². The Balaban J connectivity index is 2.14. The second-order valence-electron chi connectivity index (χ2n) is 3.82. The number of aliphatic hydroxyl groups is 1. The Morgan fingerprint density at radius 1 is 1.24 bits per heavy atom. The molecule has 3 N–H and O–H groups in total. The second kappa shape index (κ2) is 5.29. The largest absolute Gasteiger partial charge is 0.388 e. The monoisotopic (exact) mass is 292 g/mol. The molecule has 1 aromatic carbocycles. The van der Waals surface area contributed by atoms with Gasteiger partial charge in [0, 0.05) is 22.7 Å². The number of aromatic nitrogens is 1. The van der Waals surface area contributed by atoms with Gasteiger partial charge in [0.1, 0.15) is 5.82 Å². The van der Waals surface area contributed by atoms with E-state index in [-0.39, 0.29) is 0 Å². The molecule has 0 aliphatic heterocycles. The quantitative estimate of drug-likeness (QED) is 0.914. The molecule has 0 bridgehead atoms. The van der Waals surface area contributed by atoms with E-state index in [1.54, 1.807) is 18.3 Å². The predicted octanol–water partition coefficient (Wildman–Crippen LogP) is 2.70. The molecule has 3 nitrogen and oxygen atoms in total. The minimum atomic E-state index is -0.620. The number of nitrogens with zero attached hydrogens (tertiary/aromatic N) is 1. The van der Waals surface area contributed by atoms with Crippen LogP contribution in [0.5, 0.6) is 0 Å². The molecule has 4 heteroatoms. The summed E-state index contributed by atoms with van der Waals surface area (Å²) in [5.74, 6) is 0.386. The number of hydrogen-bond donors (Lipinski definition) is 2. The molecule has 0 spiro atoms. The maximum atomic E-state index is 10.1. The molecule has 2 aromatic rings. The number of aliphatic hydroxyl groups excluding tert-OH is 1. The van der Waals surface area contributed by atoms with Crippen molar-refractivity contribution in [3.8, 4) is 0 Å². The van der Waals surface area contributed by atoms with Gasteiger partial charge in [-0.2, -0.15) is 0 Å². The summed E-state index contributed by atoms with van der Waals surface area (Å²) >= 11 is 3.38. The molecule has 88 valence electrons. The predicted molar refractivity (Wildman–Crippen MR) is 71.5 cm³/mol. The Labute approximate surface area is 108 Å². The topological polar surface area (TPSA) is 59.1 Å². The van der Waals surface area contributed by atoms with Gasteiger partial charge in [-0.3, -0.25) is 0 Å². The van der Waals surface area contributed by atoms with Gasteiger partial charge in [0.2, 0.25) is 0 Å². The maximum absolute atomic E-state index is 10.1. The fraction of sp³-hybridized carbons (Fsp3) is 0.154. The summed E-state index contributed by atoms with van der Waals surface area (Å²) in [6, 6.07) is 11.4. The molecular weight excluding hydrogens is 280 g/mol. The fourth-order valence-corrected chi connectivity index (χ4v) is 1.93. The maximum Gasteiger partial charge on any atom is 0.129 e. The van der Waals surface area contributed by atoms with Crippen molar-refractivity contribution >= 4 is 21.7 Å². The number of pyridine rings is 1. The van der Waals surface area contributed by atoms with Crippen molar-refractivity contribution in [2.45, 2.75) is 12.5 Å². The average Bonchev–Trinajstić information content (AvgIpc) is 2.32. The Bertz CT molecular complexity index is 499. The van der Waals surface area contributed by atoms with Crippen LogP contribution in [0.25, 0.3) is 0 Å². The molecule has 1 unspecified atom stereocenters. The molecular formula is C13H13BrN2O. The molecule has 0 amide bonds. The summed E-state index contributed by atoms with van der Waals surface area (Å²) in [6.07, 6.45) is 1.53. The number of nitrogen functional groups attached to an aromatic ring is 1. The smallest absolute Gasteiger partial charge is 0.129 e. The number of nitrogens with two attached hydrogens (primary N) is 1. The van der Waals surface area contributed by atoms with Gasteiger partial charge in [0.15, 0.2) is 0 Å². The van der Waals surface area contributed by atoms with Gasteiger partial charge in [-0.1, -0.05) is 34.1 Å². The molecule has 0 aliphatic carbocycles. The van der Waals surface area contributed by atoms with E-state index in [1.165, 1.54) is 0 Å². The van der Waals surface area contributed by atoms with Gasteiger partial charge in [-0.25, -0.2) is 4.98 Å². The Kier molecular flexibility index (Phi) is 3.76. The van der Waals surface area contributed by atoms with E-state index in [4.69, 9.17) is 5.73 Å². The lowest BCUT2D eigenvalue weighted by Crippen LogP contribution is -2.06. The van der Waals surface area contributed by atoms with Crippen LogP contribution in [0, 0.1) is 0 Å². The van der Waals surface area contributed by atoms with Crippen molar-refractivity contribution in [3.63, 3.8) is 0 Å². The minimum absolute atomic E-state index is 0.386. The SMILES string of the molecule is Nc1ncccc1C(O)Cc1ccc(Br)cc1. The molecule has 1 aromatic heterocycles. The van der Waals surface area contributed by atoms with Crippen LogP contribution >= 0.6 is 15.9 Å². The van der Waals surface area contributed by atoms with Crippen LogP contribution in [-0.4, -0.2) is 10.1 Å². The molecule has 2 rings (SSSR count). The van der Waals surface area contributed by atoms with Crippen LogP contribution in [0.15, 0.2) is 47.1 Å². The van der Waals surface area contributed by atoms with Crippen LogP contribution in [-0.2, 0) is 6.42 Å². The van der Waals surface area contributed by atoms with Crippen molar-refractivity contribution < 1.29 is 5.11 Å². The lowest BCUT2D eigenvalue weighted by Gasteiger charge is -2.12. The zero-order valence-corrected chi connectivity index (χ0v) is 10.8. The number of benzene rings is 1. The zero-order chi connectivity index (χ0) is 12.3. The molecule has 0 radical (unpaired) electrons. The first-order chi connectivity index (χ1) is 8.16. The van der Waals surface area contributed by atoms with Crippen LogP contribution < -0.4 is 5.73 Å². The summed E-state index contributed by atoms with van der Waals surface area (Å²) in [7, 11) is 0. The van der Waals surface area contributed by atoms with Gasteiger partial charge in [-0.05, 0) is 23.8 Å². The first-order valence-corrected chi connectivity index (χ1v) is 6.09. The van der Waals surface area contributed by atoms with Crippen molar-refractivity contribution in [1.82, 2.24) is 4.98 Å². The van der Waals surface area contributed by atoms with E-state index in [1.807, 2.05) is 24.3 Å². The zero-order valence-electron chi connectivity index (χ0n) is 9.18. The Morgan fingerprint density at radius 3 is 2.59 bits per heavy atom. The number of anilines is 1. The molecule has 0 fully saturated rings. The van der Waals surface area contributed by atoms with Gasteiger partial charge in [0.25, 0.3) is 0 Å². The Morgan fingerprint density at radius 2 is 1.94 bits per heavy atom. The standard InChI is InChI=1S/C13H13BrN2O/c14-10-5-3-9(4-6-10)8-12(17)11-2-1-7-16-13(11)15/h1-7,12,17H,8H2,(H2,15,16). The van der Waals surface area contributed by atoms with E-state index in [0.717, 1.165) is 10.0 Å². The van der Waals surface area contributed by atoms with Gasteiger partial charge in [0.05, 0.1) is 6.10 Å². The highest BCUT2D eigenvalue weighted by Crippen LogP contribution is 2.22. The molecule has 1 heterocycles. The molecule has 0 saturated carbocycles. The summed E-state index contributed by atoms with van der Waals surface area (Å²) < 4.78 is 1.02. The third-order valence-corrected chi connectivity index (χ3v) is 3.10. The van der Waals surface area contributed by atoms with Crippen LogP contribution in [0.3, 0.4) is 0 Å². The van der Waals surface area contributed by atoms with Crippen LogP contribution in [0.2, 0.25) is 0 Å². The second-order valence-corrected chi connectivity index (χ2v) is 4.74. The van der Waals surface area contributed by atoms with Crippen molar-refractivity contribution in [3.05, 3.63) is 58.2 Å². The lowest BCUT2D eigenvalue weighted by molar-refractivity contribution is 0.179. The summed E-state index contributed by atoms with van der Waals surface area (Å²) in [4.78, 5) is 3.97. The van der Waals surface area contributed by atoms with Crippen molar-refractivity contribution in [2.75, 3.05) is 5.73 Å². The van der Waals surface area contributed by atoms with E-state index >= 15 is 0 Å². The van der Waals surface area contributed by atoms with Gasteiger partial charge in [-0.15, -0.1) is 0 Å². The van der Waals surface area contributed by atoms with E-state index in [9.17, 15) is 5.11 Å². The molecule has 17 heavy (non-hydrogen) atoms. The third kappa shape index (κ3) is 3.05. The van der Waals surface area contributed by atoms with Gasteiger partial charge >= 0.3 is 0 Å². The molecule has 0 aliphatic rings. The van der Waals surface area contributed by atoms with Crippen LogP contribution in [0.1, 0.15) is 17.2 Å². The van der Waals surface area contributed by atoms with Crippen molar-refractivity contribution in [2.24, 2.45) is 0 Å². The Hall–Kier alpha value is -1.39. The number of rotatable bonds is 3. The lowest BCUT2D eigenvalue weighted by atomic mass is 10.0. The highest BCUT2D eigenvalue weighted by atomic mass is 79.9. The third-order valence-electron chi connectivity index (χ3n) is 2.57. The molecule has 1 atom stereocenters. The molecule has 0 saturated heterocycles. The minimum Gasteiger partial charge on any atom is -0.388 e. The average molecular weight is 293 g/mol. The normalized spacial score (nSPS) is 12.4. The highest BCUT2D eigenvalue weighted by Gasteiger charge is 2.11. The summed E-state index contributed by atoms with van der Waals surface area (Å²) in [6.45, 7) is 0. The van der Waals surface area contributed by atoms with E-state index < -0.39 is 6.10 Å². The highest BCUT2D eigenvalue weighted by molar-refractivity contribution is 9.10. The number of hydrogen-bond acceptors (Lipinski definition) is 3. The van der Waals surface area contributed by atoms with Gasteiger partial charge < -0.3 is 10.8 Å². The first kappa shape index (κ1) is 12.1. The van der Waals surface area contributed by atoms with Crippen molar-refractivity contribution in [1.29, 1.82) is 0 Å². The summed E-state index contributed by atoms with van der Waals surface area (Å²) in [5, 5.41) is 10.1. The first-order valence-electron chi connectivity index (χ1n) is 5.29. The fourth-order valence-electron chi connectivity index (χ4n) is 1.67. The van der Waals surface area contributed by atoms with Crippen LogP contribution in [0.4, 0.5) is 5.82 Å². The summed E-state index contributed by atoms with van der Waals surface area (Å²) in [5.41, 5.74) is 7.46. The van der Waals surface area contributed by atoms with E-state index in [0.29, 0.717) is 17.8 Å².